The first-order chi connectivity index (χ1) is 13.7. The third-order valence-electron chi connectivity index (χ3n) is 4.50. The fourth-order valence-electron chi connectivity index (χ4n) is 3.17. The van der Waals surface area contributed by atoms with Crippen molar-refractivity contribution < 1.29 is 28.2 Å². The van der Waals surface area contributed by atoms with Gasteiger partial charge in [0.25, 0.3) is 11.4 Å². The Hall–Kier alpha value is -3.27. The molecule has 0 radical (unpaired) electrons. The summed E-state index contributed by atoms with van der Waals surface area (Å²) in [6, 6.07) is 9.02. The lowest BCUT2D eigenvalue weighted by Gasteiger charge is -2.26. The highest BCUT2D eigenvalue weighted by Crippen LogP contribution is 2.43. The van der Waals surface area contributed by atoms with E-state index in [0.717, 1.165) is 23.8 Å². The highest BCUT2D eigenvalue weighted by atomic mass is 19.2. The predicted molar refractivity (Wildman–Crippen MR) is 96.7 cm³/mol. The standard InChI is InChI=1S/C19H19FN2O7/c1-11-15(28-12(2)23)19(20,10-27-17(25)13-6-4-3-5-7-13)29-16(11)22-9-8-14(24)21-18(22)26/h3-9,11,15-16H,10H2,1-2H3,(H,21,24,26)/t11-,15-,16+,19+/m0/s1. The lowest BCUT2D eigenvalue weighted by Crippen LogP contribution is -2.44. The largest absolute Gasteiger partial charge is 0.456 e. The summed E-state index contributed by atoms with van der Waals surface area (Å²) in [5.41, 5.74) is -1.24. The van der Waals surface area contributed by atoms with Gasteiger partial charge in [0.05, 0.1) is 5.56 Å². The molecule has 3 rings (SSSR count). The molecule has 0 amide bonds. The number of hydrogen-bond acceptors (Lipinski definition) is 7. The number of alkyl halides is 1. The molecule has 10 heteroatoms. The first-order valence-electron chi connectivity index (χ1n) is 8.79. The van der Waals surface area contributed by atoms with Crippen LogP contribution in [0.4, 0.5) is 4.39 Å². The maximum atomic E-state index is 15.6. The van der Waals surface area contributed by atoms with Crippen molar-refractivity contribution in [3.8, 4) is 0 Å². The Morgan fingerprint density at radius 2 is 1.93 bits per heavy atom. The minimum atomic E-state index is -2.70. The van der Waals surface area contributed by atoms with Gasteiger partial charge >= 0.3 is 17.6 Å². The number of aromatic nitrogens is 2. The van der Waals surface area contributed by atoms with Crippen molar-refractivity contribution in [3.63, 3.8) is 0 Å². The van der Waals surface area contributed by atoms with E-state index in [9.17, 15) is 19.2 Å². The van der Waals surface area contributed by atoms with E-state index < -0.39 is 53.9 Å². The maximum Gasteiger partial charge on any atom is 0.338 e. The van der Waals surface area contributed by atoms with Crippen LogP contribution in [0.5, 0.6) is 0 Å². The van der Waals surface area contributed by atoms with Crippen molar-refractivity contribution in [1.82, 2.24) is 9.55 Å². The van der Waals surface area contributed by atoms with Gasteiger partial charge < -0.3 is 14.2 Å². The summed E-state index contributed by atoms with van der Waals surface area (Å²) in [6.07, 6.45) is -1.51. The van der Waals surface area contributed by atoms with Crippen LogP contribution in [0.25, 0.3) is 0 Å². The van der Waals surface area contributed by atoms with Crippen LogP contribution in [-0.4, -0.2) is 40.1 Å². The molecule has 1 fully saturated rings. The maximum absolute atomic E-state index is 15.6. The zero-order valence-electron chi connectivity index (χ0n) is 15.7. The van der Waals surface area contributed by atoms with Crippen molar-refractivity contribution >= 4 is 11.9 Å². The van der Waals surface area contributed by atoms with Crippen molar-refractivity contribution in [2.24, 2.45) is 5.92 Å². The number of nitrogens with one attached hydrogen (secondary N) is 1. The van der Waals surface area contributed by atoms with Crippen molar-refractivity contribution in [2.45, 2.75) is 32.0 Å². The normalized spacial score (nSPS) is 26.1. The molecule has 0 spiro atoms. The van der Waals surface area contributed by atoms with Gasteiger partial charge in [-0.25, -0.2) is 14.0 Å². The second-order valence-electron chi connectivity index (χ2n) is 6.64. The van der Waals surface area contributed by atoms with Crippen LogP contribution in [0.15, 0.2) is 52.2 Å². The van der Waals surface area contributed by atoms with Crippen LogP contribution in [0.2, 0.25) is 0 Å². The number of rotatable bonds is 5. The lowest BCUT2D eigenvalue weighted by atomic mass is 10.0. The molecule has 154 valence electrons. The fourth-order valence-corrected chi connectivity index (χ4v) is 3.17. The Labute approximate surface area is 164 Å². The summed E-state index contributed by atoms with van der Waals surface area (Å²) < 4.78 is 32.1. The van der Waals surface area contributed by atoms with Gasteiger partial charge in [-0.1, -0.05) is 25.1 Å². The predicted octanol–water partition coefficient (Wildman–Crippen LogP) is 1.16. The Morgan fingerprint density at radius 1 is 1.24 bits per heavy atom. The molecule has 1 aromatic heterocycles. The van der Waals surface area contributed by atoms with Crippen molar-refractivity contribution in [1.29, 1.82) is 0 Å². The second kappa shape index (κ2) is 8.00. The van der Waals surface area contributed by atoms with E-state index in [2.05, 4.69) is 0 Å². The average molecular weight is 406 g/mol. The van der Waals surface area contributed by atoms with Crippen LogP contribution in [0.1, 0.15) is 30.4 Å². The molecule has 4 atom stereocenters. The van der Waals surface area contributed by atoms with Crippen molar-refractivity contribution in [2.75, 3.05) is 6.61 Å². The summed E-state index contributed by atoms with van der Waals surface area (Å²) in [4.78, 5) is 49.0. The minimum Gasteiger partial charge on any atom is -0.456 e. The molecule has 9 nitrogen and oxygen atoms in total. The van der Waals surface area contributed by atoms with Gasteiger partial charge in [0.1, 0.15) is 6.23 Å². The number of nitrogens with zero attached hydrogens (tertiary/aromatic N) is 1. The first-order valence-corrected chi connectivity index (χ1v) is 8.79. The van der Waals surface area contributed by atoms with Crippen LogP contribution in [0.3, 0.4) is 0 Å². The van der Waals surface area contributed by atoms with Crippen LogP contribution < -0.4 is 11.2 Å². The molecule has 0 unspecified atom stereocenters. The number of carbonyl (C=O) groups is 2. The molecule has 2 aromatic rings. The zero-order valence-corrected chi connectivity index (χ0v) is 15.7. The van der Waals surface area contributed by atoms with E-state index in [1.165, 1.54) is 19.1 Å². The van der Waals surface area contributed by atoms with Gasteiger partial charge in [-0.05, 0) is 12.1 Å². The molecular weight excluding hydrogens is 387 g/mol. The Bertz CT molecular complexity index is 1020. The minimum absolute atomic E-state index is 0.208. The van der Waals surface area contributed by atoms with E-state index in [1.807, 2.05) is 4.98 Å². The molecule has 1 aliphatic rings. The van der Waals surface area contributed by atoms with E-state index in [1.54, 1.807) is 18.2 Å². The number of hydrogen-bond donors (Lipinski definition) is 1. The molecule has 1 N–H and O–H groups in total. The number of esters is 2. The third-order valence-corrected chi connectivity index (χ3v) is 4.50. The molecule has 0 bridgehead atoms. The smallest absolute Gasteiger partial charge is 0.338 e. The Kier molecular flexibility index (Phi) is 5.64. The average Bonchev–Trinajstić information content (AvgIpc) is 2.92. The van der Waals surface area contributed by atoms with Crippen LogP contribution >= 0.6 is 0 Å². The monoisotopic (exact) mass is 406 g/mol. The highest BCUT2D eigenvalue weighted by Gasteiger charge is 2.58. The van der Waals surface area contributed by atoms with Gasteiger partial charge in [-0.15, -0.1) is 0 Å². The first kappa shape index (κ1) is 20.5. The third kappa shape index (κ3) is 4.27. The number of carbonyl (C=O) groups excluding carboxylic acids is 2. The van der Waals surface area contributed by atoms with Gasteiger partial charge in [0, 0.05) is 25.1 Å². The molecule has 0 aliphatic carbocycles. The highest BCUT2D eigenvalue weighted by molar-refractivity contribution is 5.89. The molecule has 1 aromatic carbocycles. The fraction of sp³-hybridized carbons (Fsp3) is 0.368. The number of ether oxygens (including phenoxy) is 3. The van der Waals surface area contributed by atoms with E-state index in [0.29, 0.717) is 0 Å². The summed E-state index contributed by atoms with van der Waals surface area (Å²) in [7, 11) is 0. The summed E-state index contributed by atoms with van der Waals surface area (Å²) in [5, 5.41) is 0. The molecule has 2 heterocycles. The van der Waals surface area contributed by atoms with Gasteiger partial charge in [-0.2, -0.15) is 0 Å². The van der Waals surface area contributed by atoms with E-state index >= 15 is 4.39 Å². The van der Waals surface area contributed by atoms with E-state index in [-0.39, 0.29) is 5.56 Å². The summed E-state index contributed by atoms with van der Waals surface area (Å²) in [6.45, 7) is 1.75. The van der Waals surface area contributed by atoms with Crippen LogP contribution in [0, 0.1) is 5.92 Å². The molecule has 1 aliphatic heterocycles. The molecule has 0 saturated carbocycles. The van der Waals surface area contributed by atoms with Gasteiger partial charge in [0.2, 0.25) is 0 Å². The van der Waals surface area contributed by atoms with E-state index in [4.69, 9.17) is 14.2 Å². The molecule has 1 saturated heterocycles. The van der Waals surface area contributed by atoms with Gasteiger partial charge in [-0.3, -0.25) is 19.1 Å². The topological polar surface area (TPSA) is 117 Å². The number of benzene rings is 1. The quantitative estimate of drug-likeness (QED) is 0.741. The Balaban J connectivity index is 1.86. The Morgan fingerprint density at radius 3 is 2.55 bits per heavy atom. The number of halogens is 1. The zero-order chi connectivity index (χ0) is 21.2. The second-order valence-corrected chi connectivity index (χ2v) is 6.64. The molecule has 29 heavy (non-hydrogen) atoms. The number of H-pyrrole nitrogens is 1. The number of aromatic amines is 1. The van der Waals surface area contributed by atoms with Crippen LogP contribution in [-0.2, 0) is 19.0 Å². The summed E-state index contributed by atoms with van der Waals surface area (Å²) >= 11 is 0. The lowest BCUT2D eigenvalue weighted by molar-refractivity contribution is -0.216. The summed E-state index contributed by atoms with van der Waals surface area (Å²) in [5.74, 6) is -5.08. The molecular formula is C19H19FN2O7. The van der Waals surface area contributed by atoms with Crippen molar-refractivity contribution in [3.05, 3.63) is 69.0 Å². The van der Waals surface area contributed by atoms with Gasteiger partial charge in [0.15, 0.2) is 12.7 Å². The SMILES string of the molecule is CC(=O)O[C@H]1[C@H](C)[C@H](n2ccc(=O)[nH]c2=O)O[C@]1(F)COC(=O)c1ccccc1.